The van der Waals surface area contributed by atoms with E-state index in [1.165, 1.54) is 38.5 Å². The number of aliphatic hydroxyl groups is 1. The molecule has 0 amide bonds. The second kappa shape index (κ2) is 15.5. The molecule has 0 spiro atoms. The molecule has 5 nitrogen and oxygen atoms in total. The lowest BCUT2D eigenvalue weighted by molar-refractivity contribution is -0.241. The number of ether oxygens (including phenoxy) is 2. The predicted octanol–water partition coefficient (Wildman–Crippen LogP) is 7.38. The van der Waals surface area contributed by atoms with Crippen molar-refractivity contribution in [3.8, 4) is 17.2 Å². The van der Waals surface area contributed by atoms with Gasteiger partial charge in [-0.2, -0.15) is 4.89 Å². The van der Waals surface area contributed by atoms with Gasteiger partial charge in [0.05, 0.1) is 6.61 Å². The molecule has 0 aliphatic carbocycles. The largest absolute Gasteiger partial charge is 0.494 e. The molecular weight excluding hydrogens is 404 g/mol. The molecule has 0 heterocycles. The van der Waals surface area contributed by atoms with Gasteiger partial charge in [-0.25, -0.2) is 0 Å². The summed E-state index contributed by atoms with van der Waals surface area (Å²) in [5.74, 6) is 1.96. The summed E-state index contributed by atoms with van der Waals surface area (Å²) in [5, 5.41) is 10.4. The highest BCUT2D eigenvalue weighted by molar-refractivity contribution is 5.32. The third-order valence-electron chi connectivity index (χ3n) is 5.28. The summed E-state index contributed by atoms with van der Waals surface area (Å²) in [7, 11) is 0. The van der Waals surface area contributed by atoms with Crippen LogP contribution in [0.3, 0.4) is 0 Å². The highest BCUT2D eigenvalue weighted by Gasteiger charge is 2.10. The van der Waals surface area contributed by atoms with Crippen LogP contribution in [0.4, 0.5) is 0 Å². The second-order valence-electron chi connectivity index (χ2n) is 8.26. The van der Waals surface area contributed by atoms with E-state index in [-0.39, 0.29) is 6.10 Å². The Balaban J connectivity index is 1.72. The third-order valence-corrected chi connectivity index (χ3v) is 5.28. The average molecular weight is 445 g/mol. The normalized spacial score (nSPS) is 12.9. The minimum Gasteiger partial charge on any atom is -0.494 e. The Morgan fingerprint density at radius 1 is 0.719 bits per heavy atom. The fourth-order valence-corrected chi connectivity index (χ4v) is 3.26. The van der Waals surface area contributed by atoms with Crippen LogP contribution in [-0.4, -0.2) is 17.8 Å². The molecule has 2 aromatic carbocycles. The highest BCUT2D eigenvalue weighted by Crippen LogP contribution is 2.24. The molecule has 0 saturated heterocycles. The molecule has 2 rings (SSSR count). The van der Waals surface area contributed by atoms with Crippen LogP contribution in [0.25, 0.3) is 0 Å². The van der Waals surface area contributed by atoms with Crippen molar-refractivity contribution in [2.45, 2.75) is 91.0 Å². The molecule has 2 atom stereocenters. The fraction of sp³-hybridized carbons (Fsp3) is 0.556. The van der Waals surface area contributed by atoms with Crippen molar-refractivity contribution < 1.29 is 24.4 Å². The van der Waals surface area contributed by atoms with E-state index in [1.807, 2.05) is 31.2 Å². The van der Waals surface area contributed by atoms with Crippen LogP contribution in [0.2, 0.25) is 0 Å². The van der Waals surface area contributed by atoms with Gasteiger partial charge in [0.2, 0.25) is 6.29 Å². The van der Waals surface area contributed by atoms with Gasteiger partial charge >= 0.3 is 0 Å². The maximum atomic E-state index is 10.4. The summed E-state index contributed by atoms with van der Waals surface area (Å²) in [6, 6.07) is 14.4. The summed E-state index contributed by atoms with van der Waals surface area (Å²) >= 11 is 0. The maximum Gasteiger partial charge on any atom is 0.224 e. The van der Waals surface area contributed by atoms with Crippen LogP contribution in [0.1, 0.15) is 90.4 Å². The number of benzene rings is 2. The zero-order valence-electron chi connectivity index (χ0n) is 19.9. The predicted molar refractivity (Wildman–Crippen MR) is 128 cm³/mol. The maximum absolute atomic E-state index is 10.4. The molecule has 0 aromatic heterocycles. The Hall–Kier alpha value is -2.24. The van der Waals surface area contributed by atoms with Crippen LogP contribution < -0.4 is 14.4 Å². The van der Waals surface area contributed by atoms with E-state index in [9.17, 15) is 5.11 Å². The van der Waals surface area contributed by atoms with E-state index in [0.717, 1.165) is 25.0 Å². The average Bonchev–Trinajstić information content (AvgIpc) is 2.81. The number of hydrogen-bond donors (Lipinski definition) is 1. The Bertz CT molecular complexity index is 714. The van der Waals surface area contributed by atoms with Crippen molar-refractivity contribution in [2.75, 3.05) is 6.61 Å². The van der Waals surface area contributed by atoms with E-state index >= 15 is 0 Å². The molecule has 0 radical (unpaired) electrons. The molecular formula is C27H40O5. The molecule has 1 N–H and O–H groups in total. The molecule has 0 fully saturated rings. The molecule has 2 unspecified atom stereocenters. The summed E-state index contributed by atoms with van der Waals surface area (Å²) in [6.07, 6.45) is 9.55. The highest BCUT2D eigenvalue weighted by atomic mass is 17.2. The minimum atomic E-state index is -1.06. The molecule has 0 bridgehead atoms. The van der Waals surface area contributed by atoms with E-state index < -0.39 is 6.29 Å². The topological polar surface area (TPSA) is 57.2 Å². The number of aliphatic hydroxyl groups excluding tert-OH is 1. The van der Waals surface area contributed by atoms with Crippen molar-refractivity contribution in [1.82, 2.24) is 0 Å². The Morgan fingerprint density at radius 2 is 1.31 bits per heavy atom. The lowest BCUT2D eigenvalue weighted by Gasteiger charge is -2.15. The number of rotatable bonds is 17. The van der Waals surface area contributed by atoms with E-state index in [1.54, 1.807) is 24.3 Å². The zero-order chi connectivity index (χ0) is 23.0. The first-order valence-corrected chi connectivity index (χ1v) is 12.1. The first-order valence-electron chi connectivity index (χ1n) is 12.1. The molecule has 0 aliphatic rings. The number of hydrogen-bond acceptors (Lipinski definition) is 5. The van der Waals surface area contributed by atoms with Crippen molar-refractivity contribution in [1.29, 1.82) is 0 Å². The van der Waals surface area contributed by atoms with Crippen molar-refractivity contribution >= 4 is 0 Å². The molecule has 2 aromatic rings. The minimum absolute atomic E-state index is 0.0490. The van der Waals surface area contributed by atoms with Gasteiger partial charge in [0.1, 0.15) is 17.6 Å². The summed E-state index contributed by atoms with van der Waals surface area (Å²) < 4.78 is 11.4. The van der Waals surface area contributed by atoms with Gasteiger partial charge in [0.15, 0.2) is 5.75 Å². The van der Waals surface area contributed by atoms with Crippen LogP contribution in [0.5, 0.6) is 17.2 Å². The Kier molecular flexibility index (Phi) is 12.6. The van der Waals surface area contributed by atoms with Gasteiger partial charge < -0.3 is 19.5 Å². The monoisotopic (exact) mass is 444 g/mol. The van der Waals surface area contributed by atoms with Gasteiger partial charge in [0.25, 0.3) is 0 Å². The fourth-order valence-electron chi connectivity index (χ4n) is 3.26. The van der Waals surface area contributed by atoms with Crippen LogP contribution >= 0.6 is 0 Å². The summed E-state index contributed by atoms with van der Waals surface area (Å²) in [6.45, 7) is 7.13. The summed E-state index contributed by atoms with van der Waals surface area (Å²) in [5.41, 5.74) is 0.670. The quantitative estimate of drug-likeness (QED) is 0.119. The SMILES string of the molecule is CCCCCCOc1ccc(C(O)Oc2ccc(OOC(C)CCCCCC)cc2)cc1. The molecule has 32 heavy (non-hydrogen) atoms. The zero-order valence-corrected chi connectivity index (χ0v) is 19.9. The van der Waals surface area contributed by atoms with Gasteiger partial charge in [-0.05, 0) is 68.3 Å². The second-order valence-corrected chi connectivity index (χ2v) is 8.26. The standard InChI is InChI=1S/C27H40O5/c1-4-6-8-10-12-22(3)31-32-26-19-17-25(18-20-26)30-27(28)23-13-15-24(16-14-23)29-21-11-9-7-5-2/h13-20,22,27-28H,4-12,21H2,1-3H3. The number of unbranched alkanes of at least 4 members (excludes halogenated alkanes) is 6. The molecule has 178 valence electrons. The van der Waals surface area contributed by atoms with Crippen molar-refractivity contribution in [3.63, 3.8) is 0 Å². The van der Waals surface area contributed by atoms with Gasteiger partial charge in [-0.1, -0.05) is 58.8 Å². The summed E-state index contributed by atoms with van der Waals surface area (Å²) in [4.78, 5) is 10.9. The molecule has 0 aliphatic heterocycles. The van der Waals surface area contributed by atoms with Crippen molar-refractivity contribution in [3.05, 3.63) is 54.1 Å². The van der Waals surface area contributed by atoms with E-state index in [0.29, 0.717) is 23.7 Å². The molecule has 0 saturated carbocycles. The van der Waals surface area contributed by atoms with E-state index in [4.69, 9.17) is 19.2 Å². The van der Waals surface area contributed by atoms with E-state index in [2.05, 4.69) is 13.8 Å². The van der Waals surface area contributed by atoms with Crippen molar-refractivity contribution in [2.24, 2.45) is 0 Å². The van der Waals surface area contributed by atoms with Crippen LogP contribution in [0, 0.1) is 0 Å². The lowest BCUT2D eigenvalue weighted by atomic mass is 10.1. The first kappa shape index (κ1) is 26.0. The Morgan fingerprint density at radius 3 is 1.97 bits per heavy atom. The van der Waals surface area contributed by atoms with Gasteiger partial charge in [-0.15, -0.1) is 0 Å². The molecule has 5 heteroatoms. The third kappa shape index (κ3) is 10.4. The lowest BCUT2D eigenvalue weighted by Crippen LogP contribution is -2.11. The smallest absolute Gasteiger partial charge is 0.224 e. The van der Waals surface area contributed by atoms with Crippen LogP contribution in [-0.2, 0) is 4.89 Å². The first-order chi connectivity index (χ1) is 15.6. The Labute approximate surface area is 193 Å². The van der Waals surface area contributed by atoms with Gasteiger partial charge in [-0.3, -0.25) is 0 Å². The van der Waals surface area contributed by atoms with Crippen LogP contribution in [0.15, 0.2) is 48.5 Å². The van der Waals surface area contributed by atoms with Gasteiger partial charge in [0, 0.05) is 5.56 Å².